The van der Waals surface area contributed by atoms with Gasteiger partial charge in [-0.15, -0.1) is 0 Å². The zero-order chi connectivity index (χ0) is 11.3. The average molecular weight is 208 g/mol. The maximum absolute atomic E-state index is 9.22. The van der Waals surface area contributed by atoms with Crippen LogP contribution < -0.4 is 4.74 Å². The van der Waals surface area contributed by atoms with Gasteiger partial charge in [0.15, 0.2) is 0 Å². The monoisotopic (exact) mass is 208 g/mol. The zero-order valence-electron chi connectivity index (χ0n) is 9.73. The molecule has 1 aromatic carbocycles. The van der Waals surface area contributed by atoms with Crippen LogP contribution in [0.5, 0.6) is 5.75 Å². The highest BCUT2D eigenvalue weighted by molar-refractivity contribution is 5.28. The standard InChI is InChI=1S/C13H20O2/c1-4-12-6-5-7-13(9-12)15-11(3)8-10(2)14/h5-7,9-11,14H,4,8H2,1-3H3. The van der Waals surface area contributed by atoms with Gasteiger partial charge in [0.05, 0.1) is 12.2 Å². The van der Waals surface area contributed by atoms with Crippen molar-refractivity contribution in [2.24, 2.45) is 0 Å². The summed E-state index contributed by atoms with van der Waals surface area (Å²) in [6.45, 7) is 5.88. The number of aryl methyl sites for hydroxylation is 1. The molecular formula is C13H20O2. The second kappa shape index (κ2) is 5.76. The van der Waals surface area contributed by atoms with Gasteiger partial charge in [-0.05, 0) is 38.0 Å². The van der Waals surface area contributed by atoms with Crippen LogP contribution in [0.3, 0.4) is 0 Å². The van der Waals surface area contributed by atoms with Gasteiger partial charge in [-0.25, -0.2) is 0 Å². The minimum atomic E-state index is -0.311. The predicted molar refractivity (Wildman–Crippen MR) is 62.2 cm³/mol. The fraction of sp³-hybridized carbons (Fsp3) is 0.538. The average Bonchev–Trinajstić information content (AvgIpc) is 2.16. The summed E-state index contributed by atoms with van der Waals surface area (Å²) in [5.74, 6) is 0.891. The van der Waals surface area contributed by atoms with Crippen LogP contribution in [-0.2, 0) is 6.42 Å². The van der Waals surface area contributed by atoms with E-state index >= 15 is 0 Å². The molecule has 1 aromatic rings. The van der Waals surface area contributed by atoms with Crippen LogP contribution in [0.4, 0.5) is 0 Å². The summed E-state index contributed by atoms with van der Waals surface area (Å²) >= 11 is 0. The molecule has 0 aromatic heterocycles. The summed E-state index contributed by atoms with van der Waals surface area (Å²) < 4.78 is 5.71. The normalized spacial score (nSPS) is 14.7. The highest BCUT2D eigenvalue weighted by Crippen LogP contribution is 2.16. The first-order valence-electron chi connectivity index (χ1n) is 5.55. The molecule has 0 bridgehead atoms. The van der Waals surface area contributed by atoms with Crippen LogP contribution in [-0.4, -0.2) is 17.3 Å². The lowest BCUT2D eigenvalue weighted by molar-refractivity contribution is 0.115. The van der Waals surface area contributed by atoms with Crippen molar-refractivity contribution < 1.29 is 9.84 Å². The van der Waals surface area contributed by atoms with E-state index in [1.165, 1.54) is 5.56 Å². The Kier molecular flexibility index (Phi) is 4.63. The summed E-state index contributed by atoms with van der Waals surface area (Å²) in [5, 5.41) is 9.22. The third-order valence-electron chi connectivity index (χ3n) is 2.32. The highest BCUT2D eigenvalue weighted by atomic mass is 16.5. The molecule has 0 aliphatic rings. The Bertz CT molecular complexity index is 294. The van der Waals surface area contributed by atoms with E-state index in [4.69, 9.17) is 4.74 Å². The van der Waals surface area contributed by atoms with E-state index in [0.717, 1.165) is 12.2 Å². The molecule has 0 aliphatic heterocycles. The number of hydrogen-bond acceptors (Lipinski definition) is 2. The lowest BCUT2D eigenvalue weighted by Crippen LogP contribution is -2.18. The van der Waals surface area contributed by atoms with Gasteiger partial charge >= 0.3 is 0 Å². The fourth-order valence-electron chi connectivity index (χ4n) is 1.60. The van der Waals surface area contributed by atoms with Crippen molar-refractivity contribution in [1.82, 2.24) is 0 Å². The molecule has 0 spiro atoms. The molecule has 0 amide bonds. The van der Waals surface area contributed by atoms with E-state index in [2.05, 4.69) is 19.1 Å². The molecule has 0 aliphatic carbocycles. The number of ether oxygens (including phenoxy) is 1. The van der Waals surface area contributed by atoms with Gasteiger partial charge in [0, 0.05) is 6.42 Å². The van der Waals surface area contributed by atoms with Crippen LogP contribution in [0, 0.1) is 0 Å². The van der Waals surface area contributed by atoms with Gasteiger partial charge in [-0.2, -0.15) is 0 Å². The first kappa shape index (κ1) is 12.1. The molecular weight excluding hydrogens is 188 g/mol. The van der Waals surface area contributed by atoms with Crippen LogP contribution >= 0.6 is 0 Å². The van der Waals surface area contributed by atoms with Crippen molar-refractivity contribution in [1.29, 1.82) is 0 Å². The minimum Gasteiger partial charge on any atom is -0.491 e. The molecule has 84 valence electrons. The molecule has 2 unspecified atom stereocenters. The van der Waals surface area contributed by atoms with Crippen molar-refractivity contribution in [3.05, 3.63) is 29.8 Å². The fourth-order valence-corrected chi connectivity index (χ4v) is 1.60. The van der Waals surface area contributed by atoms with Crippen LogP contribution in [0.2, 0.25) is 0 Å². The molecule has 0 radical (unpaired) electrons. The van der Waals surface area contributed by atoms with E-state index in [1.54, 1.807) is 6.92 Å². The van der Waals surface area contributed by atoms with Crippen molar-refractivity contribution in [3.63, 3.8) is 0 Å². The molecule has 15 heavy (non-hydrogen) atoms. The quantitative estimate of drug-likeness (QED) is 0.806. The number of aliphatic hydroxyl groups excluding tert-OH is 1. The maximum atomic E-state index is 9.22. The molecule has 2 nitrogen and oxygen atoms in total. The zero-order valence-corrected chi connectivity index (χ0v) is 9.73. The van der Waals surface area contributed by atoms with E-state index < -0.39 is 0 Å². The highest BCUT2D eigenvalue weighted by Gasteiger charge is 2.07. The summed E-state index contributed by atoms with van der Waals surface area (Å²) in [5.41, 5.74) is 1.27. The first-order valence-corrected chi connectivity index (χ1v) is 5.55. The first-order chi connectivity index (χ1) is 7.11. The van der Waals surface area contributed by atoms with Crippen LogP contribution in [0.1, 0.15) is 32.8 Å². The molecule has 0 saturated heterocycles. The SMILES string of the molecule is CCc1cccc(OC(C)CC(C)O)c1. The van der Waals surface area contributed by atoms with E-state index in [-0.39, 0.29) is 12.2 Å². The maximum Gasteiger partial charge on any atom is 0.119 e. The van der Waals surface area contributed by atoms with Crippen LogP contribution in [0.15, 0.2) is 24.3 Å². The third kappa shape index (κ3) is 4.34. The van der Waals surface area contributed by atoms with Crippen molar-refractivity contribution >= 4 is 0 Å². The Labute approximate surface area is 91.9 Å². The van der Waals surface area contributed by atoms with Crippen molar-refractivity contribution in [2.45, 2.75) is 45.8 Å². The van der Waals surface area contributed by atoms with Gasteiger partial charge < -0.3 is 9.84 Å². The Balaban J connectivity index is 2.55. The number of benzene rings is 1. The Hall–Kier alpha value is -1.02. The molecule has 1 N–H and O–H groups in total. The number of hydrogen-bond donors (Lipinski definition) is 1. The van der Waals surface area contributed by atoms with Gasteiger partial charge in [0.25, 0.3) is 0 Å². The second-order valence-electron chi connectivity index (χ2n) is 4.01. The van der Waals surface area contributed by atoms with Crippen molar-refractivity contribution in [2.75, 3.05) is 0 Å². The molecule has 1 rings (SSSR count). The van der Waals surface area contributed by atoms with Crippen LogP contribution in [0.25, 0.3) is 0 Å². The Morgan fingerprint density at radius 3 is 2.67 bits per heavy atom. The lowest BCUT2D eigenvalue weighted by Gasteiger charge is -2.16. The summed E-state index contributed by atoms with van der Waals surface area (Å²) in [6.07, 6.45) is 1.42. The summed E-state index contributed by atoms with van der Waals surface area (Å²) in [4.78, 5) is 0. The molecule has 2 atom stereocenters. The predicted octanol–water partition coefficient (Wildman–Crippen LogP) is 2.79. The Morgan fingerprint density at radius 2 is 2.07 bits per heavy atom. The van der Waals surface area contributed by atoms with Gasteiger partial charge in [-0.1, -0.05) is 19.1 Å². The summed E-state index contributed by atoms with van der Waals surface area (Å²) in [7, 11) is 0. The largest absolute Gasteiger partial charge is 0.491 e. The Morgan fingerprint density at radius 1 is 1.33 bits per heavy atom. The van der Waals surface area contributed by atoms with E-state index in [0.29, 0.717) is 6.42 Å². The third-order valence-corrected chi connectivity index (χ3v) is 2.32. The number of rotatable bonds is 5. The number of aliphatic hydroxyl groups is 1. The van der Waals surface area contributed by atoms with E-state index in [9.17, 15) is 5.11 Å². The van der Waals surface area contributed by atoms with Crippen molar-refractivity contribution in [3.8, 4) is 5.75 Å². The topological polar surface area (TPSA) is 29.5 Å². The summed E-state index contributed by atoms with van der Waals surface area (Å²) in [6, 6.07) is 8.10. The molecule has 0 fully saturated rings. The van der Waals surface area contributed by atoms with Gasteiger partial charge in [-0.3, -0.25) is 0 Å². The minimum absolute atomic E-state index is 0.0529. The van der Waals surface area contributed by atoms with E-state index in [1.807, 2.05) is 19.1 Å². The molecule has 0 heterocycles. The van der Waals surface area contributed by atoms with Gasteiger partial charge in [0.2, 0.25) is 0 Å². The lowest BCUT2D eigenvalue weighted by atomic mass is 10.1. The molecule has 0 saturated carbocycles. The smallest absolute Gasteiger partial charge is 0.119 e. The second-order valence-corrected chi connectivity index (χ2v) is 4.01. The van der Waals surface area contributed by atoms with Gasteiger partial charge in [0.1, 0.15) is 5.75 Å². The molecule has 2 heteroatoms.